The van der Waals surface area contributed by atoms with Gasteiger partial charge in [-0.3, -0.25) is 14.9 Å². The molecule has 2 aromatic rings. The first-order valence-electron chi connectivity index (χ1n) is 10.1. The van der Waals surface area contributed by atoms with Crippen molar-refractivity contribution in [1.82, 2.24) is 9.80 Å². The molecule has 35 heavy (non-hydrogen) atoms. The summed E-state index contributed by atoms with van der Waals surface area (Å²) < 4.78 is 59.9. The Kier molecular flexibility index (Phi) is 7.67. The first kappa shape index (κ1) is 25.6. The third-order valence-corrected chi connectivity index (χ3v) is 5.24. The number of carbonyl (C=O) groups excluding carboxylic acids is 2. The molecular weight excluding hydrogens is 478 g/mol. The third kappa shape index (κ3) is 5.91. The van der Waals surface area contributed by atoms with E-state index in [2.05, 4.69) is 14.8 Å². The van der Waals surface area contributed by atoms with Crippen LogP contribution in [0.3, 0.4) is 0 Å². The van der Waals surface area contributed by atoms with E-state index in [-0.39, 0.29) is 29.8 Å². The van der Waals surface area contributed by atoms with Gasteiger partial charge >= 0.3 is 19.3 Å². The number of anilines is 1. The van der Waals surface area contributed by atoms with Gasteiger partial charge in [-0.2, -0.15) is 17.6 Å². The predicted molar refractivity (Wildman–Crippen MR) is 114 cm³/mol. The number of nitrogens with zero attached hydrogens (tertiary/aromatic N) is 2. The van der Waals surface area contributed by atoms with E-state index in [0.717, 1.165) is 12.1 Å². The molecule has 0 fully saturated rings. The summed E-state index contributed by atoms with van der Waals surface area (Å²) in [6.07, 6.45) is -1.66. The average molecular weight is 499 g/mol. The molecule has 1 aliphatic rings. The van der Waals surface area contributed by atoms with Gasteiger partial charge < -0.3 is 24.4 Å². The van der Waals surface area contributed by atoms with Crippen molar-refractivity contribution in [2.45, 2.75) is 32.2 Å². The van der Waals surface area contributed by atoms with Crippen molar-refractivity contribution < 1.29 is 46.5 Å². The molecule has 1 unspecified atom stereocenters. The molecule has 0 aliphatic carbocycles. The summed E-state index contributed by atoms with van der Waals surface area (Å²) in [6, 6.07) is 6.78. The maximum Gasteiger partial charge on any atom is 0.409 e. The van der Waals surface area contributed by atoms with E-state index < -0.39 is 48.7 Å². The molecule has 188 valence electrons. The minimum absolute atomic E-state index is 0.0188. The fourth-order valence-electron chi connectivity index (χ4n) is 3.72. The van der Waals surface area contributed by atoms with Crippen LogP contribution < -0.4 is 14.8 Å². The minimum Gasteiger partial charge on any atom is -0.465 e. The molecular formula is C22H21F4N3O6. The smallest absolute Gasteiger partial charge is 0.409 e. The zero-order valence-corrected chi connectivity index (χ0v) is 18.5. The summed E-state index contributed by atoms with van der Waals surface area (Å²) in [4.78, 5) is 39.6. The summed E-state index contributed by atoms with van der Waals surface area (Å²) >= 11 is 0. The molecule has 13 heteroatoms. The topological polar surface area (TPSA) is 108 Å². The normalized spacial score (nSPS) is 13.6. The SMILES string of the molecule is CN(C)C(=O)CC(c1ccc(OC(F)F)c(OC(F)F)c1)N1Cc2cccc(NC(=O)O)c2C1=O. The van der Waals surface area contributed by atoms with Crippen molar-refractivity contribution in [3.05, 3.63) is 53.1 Å². The van der Waals surface area contributed by atoms with Gasteiger partial charge in [-0.25, -0.2) is 4.79 Å². The molecule has 9 nitrogen and oxygen atoms in total. The van der Waals surface area contributed by atoms with E-state index in [1.807, 2.05) is 0 Å². The number of carboxylic acid groups (broad SMARTS) is 1. The third-order valence-electron chi connectivity index (χ3n) is 5.24. The van der Waals surface area contributed by atoms with Crippen LogP contribution in [-0.4, -0.2) is 60.1 Å². The standard InChI is InChI=1S/C22H21F4N3O6/c1-28(2)17(30)9-14(11-6-7-15(34-20(23)24)16(8-11)35-21(25)26)29-10-12-4-3-5-13(27-22(32)33)18(12)19(29)31/h3-8,14,20-21,27H,9-10H2,1-2H3,(H,32,33). The maximum atomic E-state index is 13.3. The molecule has 0 saturated heterocycles. The lowest BCUT2D eigenvalue weighted by atomic mass is 10.0. The van der Waals surface area contributed by atoms with Crippen LogP contribution >= 0.6 is 0 Å². The quantitative estimate of drug-likeness (QED) is 0.502. The number of ether oxygens (including phenoxy) is 2. The van der Waals surface area contributed by atoms with Crippen LogP contribution in [0.1, 0.15) is 33.9 Å². The second kappa shape index (κ2) is 10.5. The number of hydrogen-bond donors (Lipinski definition) is 2. The van der Waals surface area contributed by atoms with E-state index in [4.69, 9.17) is 5.11 Å². The van der Waals surface area contributed by atoms with Crippen LogP contribution in [0.4, 0.5) is 28.0 Å². The first-order valence-corrected chi connectivity index (χ1v) is 10.1. The number of fused-ring (bicyclic) bond motifs is 1. The zero-order valence-electron chi connectivity index (χ0n) is 18.5. The van der Waals surface area contributed by atoms with Crippen molar-refractivity contribution in [3.63, 3.8) is 0 Å². The lowest BCUT2D eigenvalue weighted by Crippen LogP contribution is -2.34. The molecule has 0 radical (unpaired) electrons. The molecule has 1 heterocycles. The van der Waals surface area contributed by atoms with Crippen LogP contribution in [0.5, 0.6) is 11.5 Å². The Hall–Kier alpha value is -4.03. The van der Waals surface area contributed by atoms with E-state index in [1.165, 1.54) is 36.0 Å². The molecule has 0 bridgehead atoms. The van der Waals surface area contributed by atoms with Crippen LogP contribution in [0.25, 0.3) is 0 Å². The number of nitrogens with one attached hydrogen (secondary N) is 1. The molecule has 3 amide bonds. The molecule has 3 rings (SSSR count). The summed E-state index contributed by atoms with van der Waals surface area (Å²) in [5.74, 6) is -2.36. The first-order chi connectivity index (χ1) is 16.5. The van der Waals surface area contributed by atoms with Crippen LogP contribution in [0, 0.1) is 0 Å². The Morgan fingerprint density at radius 3 is 2.34 bits per heavy atom. The zero-order chi connectivity index (χ0) is 25.9. The highest BCUT2D eigenvalue weighted by Crippen LogP contribution is 2.40. The Bertz CT molecular complexity index is 1130. The van der Waals surface area contributed by atoms with Gasteiger partial charge in [0.1, 0.15) is 0 Å². The Morgan fingerprint density at radius 1 is 1.09 bits per heavy atom. The number of carbonyl (C=O) groups is 3. The number of hydrogen-bond acceptors (Lipinski definition) is 5. The van der Waals surface area contributed by atoms with Crippen molar-refractivity contribution >= 4 is 23.6 Å². The number of amides is 3. The van der Waals surface area contributed by atoms with Gasteiger partial charge in [0, 0.05) is 20.6 Å². The Labute approximate surface area is 196 Å². The summed E-state index contributed by atoms with van der Waals surface area (Å²) in [7, 11) is 2.97. The van der Waals surface area contributed by atoms with Crippen molar-refractivity contribution in [2.75, 3.05) is 19.4 Å². The summed E-state index contributed by atoms with van der Waals surface area (Å²) in [6.45, 7) is -6.68. The second-order valence-corrected chi connectivity index (χ2v) is 7.67. The van der Waals surface area contributed by atoms with Crippen molar-refractivity contribution in [2.24, 2.45) is 0 Å². The Morgan fingerprint density at radius 2 is 1.74 bits per heavy atom. The lowest BCUT2D eigenvalue weighted by molar-refractivity contribution is -0.129. The van der Waals surface area contributed by atoms with E-state index >= 15 is 0 Å². The average Bonchev–Trinajstić information content (AvgIpc) is 3.09. The highest BCUT2D eigenvalue weighted by molar-refractivity contribution is 6.06. The number of halogens is 4. The molecule has 0 saturated carbocycles. The number of benzene rings is 2. The van der Waals surface area contributed by atoms with E-state index in [9.17, 15) is 31.9 Å². The second-order valence-electron chi connectivity index (χ2n) is 7.67. The highest BCUT2D eigenvalue weighted by atomic mass is 19.3. The van der Waals surface area contributed by atoms with Gasteiger partial charge in [0.05, 0.1) is 23.7 Å². The fourth-order valence-corrected chi connectivity index (χ4v) is 3.72. The number of rotatable bonds is 9. The van der Waals surface area contributed by atoms with Gasteiger partial charge in [0.25, 0.3) is 5.91 Å². The molecule has 0 aromatic heterocycles. The molecule has 1 aliphatic heterocycles. The van der Waals surface area contributed by atoms with Gasteiger partial charge in [0.15, 0.2) is 11.5 Å². The van der Waals surface area contributed by atoms with Crippen LogP contribution in [0.2, 0.25) is 0 Å². The van der Waals surface area contributed by atoms with Gasteiger partial charge in [0.2, 0.25) is 5.91 Å². The minimum atomic E-state index is -3.35. The Balaban J connectivity index is 2.05. The molecule has 0 spiro atoms. The van der Waals surface area contributed by atoms with Gasteiger partial charge in [-0.05, 0) is 29.3 Å². The van der Waals surface area contributed by atoms with Gasteiger partial charge in [-0.1, -0.05) is 18.2 Å². The monoisotopic (exact) mass is 499 g/mol. The van der Waals surface area contributed by atoms with Crippen LogP contribution in [0.15, 0.2) is 36.4 Å². The summed E-state index contributed by atoms with van der Waals surface area (Å²) in [5.41, 5.74) is 0.748. The largest absolute Gasteiger partial charge is 0.465 e. The lowest BCUT2D eigenvalue weighted by Gasteiger charge is -2.29. The van der Waals surface area contributed by atoms with Crippen LogP contribution in [-0.2, 0) is 11.3 Å². The molecule has 2 aromatic carbocycles. The van der Waals surface area contributed by atoms with Gasteiger partial charge in [-0.15, -0.1) is 0 Å². The van der Waals surface area contributed by atoms with E-state index in [0.29, 0.717) is 5.56 Å². The van der Waals surface area contributed by atoms with Crippen molar-refractivity contribution in [1.29, 1.82) is 0 Å². The highest BCUT2D eigenvalue weighted by Gasteiger charge is 2.37. The molecule has 2 N–H and O–H groups in total. The number of alkyl halides is 4. The van der Waals surface area contributed by atoms with Crippen molar-refractivity contribution in [3.8, 4) is 11.5 Å². The molecule has 1 atom stereocenters. The summed E-state index contributed by atoms with van der Waals surface area (Å²) in [5, 5.41) is 11.2. The van der Waals surface area contributed by atoms with E-state index in [1.54, 1.807) is 12.1 Å². The maximum absolute atomic E-state index is 13.3. The predicted octanol–water partition coefficient (Wildman–Crippen LogP) is 4.15. The fraction of sp³-hybridized carbons (Fsp3) is 0.318.